The Hall–Kier alpha value is 1.25. The number of unbranched alkanes of at least 4 members (excludes halogenated alkanes) is 9. The van der Waals surface area contributed by atoms with Gasteiger partial charge in [-0.25, -0.2) is 0 Å². The van der Waals surface area contributed by atoms with Crippen molar-refractivity contribution in [2.24, 2.45) is 0 Å². The van der Waals surface area contributed by atoms with Crippen molar-refractivity contribution in [3.05, 3.63) is 0 Å². The van der Waals surface area contributed by atoms with E-state index in [-0.39, 0.29) is 42.0 Å². The molecule has 0 aromatic heterocycles. The molecular formula is C14H33ClNNa. The van der Waals surface area contributed by atoms with E-state index in [4.69, 9.17) is 0 Å². The van der Waals surface area contributed by atoms with Crippen molar-refractivity contribution in [2.45, 2.75) is 71.1 Å². The molecule has 0 aliphatic heterocycles. The predicted molar refractivity (Wildman–Crippen MR) is 84.8 cm³/mol. The normalized spacial score (nSPS) is 9.88. The van der Waals surface area contributed by atoms with Crippen LogP contribution in [-0.4, -0.2) is 55.1 Å². The molecule has 0 amide bonds. The quantitative estimate of drug-likeness (QED) is 0.402. The molecule has 0 spiro atoms. The van der Waals surface area contributed by atoms with E-state index in [0.29, 0.717) is 0 Å². The maximum atomic E-state index is 2.28. The van der Waals surface area contributed by atoms with Crippen LogP contribution in [0.4, 0.5) is 0 Å². The molecular weight excluding hydrogens is 241 g/mol. The zero-order valence-electron chi connectivity index (χ0n) is 11.6. The molecule has 102 valence electrons. The summed E-state index contributed by atoms with van der Waals surface area (Å²) >= 11 is 0. The molecule has 0 aliphatic rings. The van der Waals surface area contributed by atoms with E-state index >= 15 is 0 Å². The van der Waals surface area contributed by atoms with Gasteiger partial charge < -0.3 is 4.90 Å². The third kappa shape index (κ3) is 22.9. The van der Waals surface area contributed by atoms with Crippen LogP contribution in [0, 0.1) is 0 Å². The minimum absolute atomic E-state index is 0. The fourth-order valence-electron chi connectivity index (χ4n) is 1.92. The number of hydrogen-bond acceptors (Lipinski definition) is 1. The van der Waals surface area contributed by atoms with Gasteiger partial charge in [-0.15, -0.1) is 12.4 Å². The summed E-state index contributed by atoms with van der Waals surface area (Å²) < 4.78 is 0. The molecule has 0 aromatic rings. The molecule has 0 atom stereocenters. The molecule has 0 saturated heterocycles. The topological polar surface area (TPSA) is 3.24 Å². The van der Waals surface area contributed by atoms with Crippen LogP contribution in [0.1, 0.15) is 71.1 Å². The first-order chi connectivity index (χ1) is 7.27. The average molecular weight is 274 g/mol. The molecule has 0 radical (unpaired) electrons. The van der Waals surface area contributed by atoms with E-state index in [0.717, 1.165) is 0 Å². The Morgan fingerprint density at radius 1 is 0.647 bits per heavy atom. The second kappa shape index (κ2) is 19.6. The van der Waals surface area contributed by atoms with Crippen LogP contribution >= 0.6 is 12.4 Å². The Kier molecular flexibility index (Phi) is 26.9. The number of rotatable bonds is 11. The van der Waals surface area contributed by atoms with Crippen LogP contribution in [0.2, 0.25) is 0 Å². The summed E-state index contributed by atoms with van der Waals surface area (Å²) in [4.78, 5) is 2.28. The molecule has 0 saturated carbocycles. The third-order valence-corrected chi connectivity index (χ3v) is 2.96. The molecule has 0 rings (SSSR count). The third-order valence-electron chi connectivity index (χ3n) is 2.96. The monoisotopic (exact) mass is 273 g/mol. The fraction of sp³-hybridized carbons (Fsp3) is 1.00. The van der Waals surface area contributed by atoms with E-state index in [1.54, 1.807) is 0 Å². The van der Waals surface area contributed by atoms with E-state index in [1.165, 1.54) is 70.8 Å². The Morgan fingerprint density at radius 2 is 1.00 bits per heavy atom. The summed E-state index contributed by atoms with van der Waals surface area (Å²) in [6.45, 7) is 3.54. The van der Waals surface area contributed by atoms with Crippen LogP contribution in [-0.2, 0) is 0 Å². The standard InChI is InChI=1S/C14H31N.ClH.Na.H/c1-4-5-6-7-8-9-10-11-12-13-14-15(2)3;;;/h4-14H2,1-3H3;1H;;. The average Bonchev–Trinajstić information content (AvgIpc) is 2.20. The first kappa shape index (κ1) is 23.4. The van der Waals surface area contributed by atoms with Gasteiger partial charge in [0, 0.05) is 0 Å². The van der Waals surface area contributed by atoms with Crippen molar-refractivity contribution in [1.29, 1.82) is 0 Å². The van der Waals surface area contributed by atoms with Gasteiger partial charge in [-0.3, -0.25) is 0 Å². The van der Waals surface area contributed by atoms with Gasteiger partial charge in [-0.1, -0.05) is 64.7 Å². The van der Waals surface area contributed by atoms with Crippen LogP contribution < -0.4 is 0 Å². The van der Waals surface area contributed by atoms with Gasteiger partial charge in [0.25, 0.3) is 0 Å². The summed E-state index contributed by atoms with van der Waals surface area (Å²) in [7, 11) is 4.32. The molecule has 0 bridgehead atoms. The van der Waals surface area contributed by atoms with Gasteiger partial charge in [-0.05, 0) is 27.1 Å². The van der Waals surface area contributed by atoms with Crippen molar-refractivity contribution in [2.75, 3.05) is 20.6 Å². The van der Waals surface area contributed by atoms with Crippen molar-refractivity contribution < 1.29 is 0 Å². The minimum atomic E-state index is 0. The van der Waals surface area contributed by atoms with Crippen LogP contribution in [0.3, 0.4) is 0 Å². The first-order valence-corrected chi connectivity index (χ1v) is 6.92. The van der Waals surface area contributed by atoms with Crippen molar-refractivity contribution >= 4 is 42.0 Å². The summed E-state index contributed by atoms with van der Waals surface area (Å²) in [5.41, 5.74) is 0. The van der Waals surface area contributed by atoms with Gasteiger partial charge in [0.2, 0.25) is 0 Å². The maximum absolute atomic E-state index is 2.28. The molecule has 3 heteroatoms. The fourth-order valence-corrected chi connectivity index (χ4v) is 1.92. The van der Waals surface area contributed by atoms with Gasteiger partial charge in [0.1, 0.15) is 0 Å². The Morgan fingerprint density at radius 3 is 1.35 bits per heavy atom. The summed E-state index contributed by atoms with van der Waals surface area (Å²) in [6.07, 6.45) is 14.4. The first-order valence-electron chi connectivity index (χ1n) is 6.92. The molecule has 0 aliphatic carbocycles. The second-order valence-electron chi connectivity index (χ2n) is 4.99. The number of halogens is 1. The molecule has 0 aromatic carbocycles. The Bertz CT molecular complexity index is 121. The van der Waals surface area contributed by atoms with Gasteiger partial charge in [0.15, 0.2) is 0 Å². The van der Waals surface area contributed by atoms with Gasteiger partial charge in [-0.2, -0.15) is 0 Å². The van der Waals surface area contributed by atoms with Gasteiger partial charge >= 0.3 is 29.6 Å². The zero-order valence-corrected chi connectivity index (χ0v) is 12.5. The SMILES string of the molecule is CCCCCCCCCCCCN(C)C.Cl.[NaH]. The zero-order chi connectivity index (χ0) is 11.4. The molecule has 1 nitrogen and oxygen atoms in total. The van der Waals surface area contributed by atoms with Crippen molar-refractivity contribution in [3.8, 4) is 0 Å². The Balaban J connectivity index is -0.000000980. The number of nitrogens with zero attached hydrogens (tertiary/aromatic N) is 1. The van der Waals surface area contributed by atoms with Crippen LogP contribution in [0.15, 0.2) is 0 Å². The van der Waals surface area contributed by atoms with Crippen LogP contribution in [0.5, 0.6) is 0 Å². The molecule has 0 unspecified atom stereocenters. The summed E-state index contributed by atoms with van der Waals surface area (Å²) in [5, 5.41) is 0. The van der Waals surface area contributed by atoms with E-state index < -0.39 is 0 Å². The number of hydrogen-bond donors (Lipinski definition) is 0. The molecule has 0 N–H and O–H groups in total. The summed E-state index contributed by atoms with van der Waals surface area (Å²) in [5.74, 6) is 0. The molecule has 17 heavy (non-hydrogen) atoms. The van der Waals surface area contributed by atoms with E-state index in [9.17, 15) is 0 Å². The summed E-state index contributed by atoms with van der Waals surface area (Å²) in [6, 6.07) is 0. The predicted octanol–water partition coefficient (Wildman–Crippen LogP) is 4.24. The van der Waals surface area contributed by atoms with E-state index in [1.807, 2.05) is 0 Å². The van der Waals surface area contributed by atoms with Crippen molar-refractivity contribution in [1.82, 2.24) is 4.90 Å². The van der Waals surface area contributed by atoms with Gasteiger partial charge in [0.05, 0.1) is 0 Å². The van der Waals surface area contributed by atoms with Crippen molar-refractivity contribution in [3.63, 3.8) is 0 Å². The molecule has 0 heterocycles. The Labute approximate surface area is 138 Å². The van der Waals surface area contributed by atoms with Crippen LogP contribution in [0.25, 0.3) is 0 Å². The second-order valence-corrected chi connectivity index (χ2v) is 4.99. The molecule has 0 fully saturated rings. The van der Waals surface area contributed by atoms with E-state index in [2.05, 4.69) is 25.9 Å².